The number of ether oxygens (including phenoxy) is 1. The van der Waals surface area contributed by atoms with Gasteiger partial charge in [-0.1, -0.05) is 48.0 Å². The molecule has 0 radical (unpaired) electrons. The van der Waals surface area contributed by atoms with Crippen LogP contribution < -0.4 is 5.32 Å². The molecule has 118 valence electrons. The molecule has 23 heavy (non-hydrogen) atoms. The molecule has 1 amide bonds. The first-order valence-electron chi connectivity index (χ1n) is 7.29. The maximum atomic E-state index is 12.4. The fourth-order valence-corrected chi connectivity index (χ4v) is 3.12. The van der Waals surface area contributed by atoms with Gasteiger partial charge >= 0.3 is 5.97 Å². The second kappa shape index (κ2) is 6.05. The van der Waals surface area contributed by atoms with Crippen LogP contribution in [0.3, 0.4) is 0 Å². The van der Waals surface area contributed by atoms with Crippen molar-refractivity contribution in [1.29, 1.82) is 0 Å². The highest BCUT2D eigenvalue weighted by molar-refractivity contribution is 6.31. The van der Waals surface area contributed by atoms with Crippen LogP contribution in [0.15, 0.2) is 54.6 Å². The number of carbonyl (C=O) groups is 2. The van der Waals surface area contributed by atoms with Gasteiger partial charge in [-0.15, -0.1) is 0 Å². The highest BCUT2D eigenvalue weighted by Crippen LogP contribution is 2.54. The molecule has 1 aliphatic rings. The Labute approximate surface area is 139 Å². The number of nitrogens with one attached hydrogen (secondary N) is 1. The van der Waals surface area contributed by atoms with Gasteiger partial charge in [0.05, 0.1) is 7.11 Å². The van der Waals surface area contributed by atoms with E-state index in [1.807, 2.05) is 24.3 Å². The average Bonchev–Trinajstić information content (AvgIpc) is 3.30. The first-order valence-corrected chi connectivity index (χ1v) is 7.66. The molecule has 1 saturated carbocycles. The highest BCUT2D eigenvalue weighted by Gasteiger charge is 2.63. The molecule has 0 spiro atoms. The molecule has 0 bridgehead atoms. The van der Waals surface area contributed by atoms with Crippen LogP contribution in [-0.2, 0) is 9.53 Å². The van der Waals surface area contributed by atoms with Crippen molar-refractivity contribution in [2.45, 2.75) is 17.9 Å². The molecule has 2 atom stereocenters. The summed E-state index contributed by atoms with van der Waals surface area (Å²) in [5, 5.41) is 3.42. The van der Waals surface area contributed by atoms with Crippen LogP contribution >= 0.6 is 11.6 Å². The van der Waals surface area contributed by atoms with Gasteiger partial charge in [0.1, 0.15) is 5.54 Å². The van der Waals surface area contributed by atoms with Crippen molar-refractivity contribution in [1.82, 2.24) is 5.32 Å². The minimum atomic E-state index is -1.05. The van der Waals surface area contributed by atoms with Crippen LogP contribution in [-0.4, -0.2) is 24.5 Å². The maximum Gasteiger partial charge on any atom is 0.332 e. The standard InChI is InChI=1S/C18H16ClNO3/c1-23-17(22)18(20-16(21)12-7-3-2-4-8-12)11-14(18)13-9-5-6-10-15(13)19/h2-10,14H,11H2,1H3,(H,20,21)/t14-,18+/m1/s1. The van der Waals surface area contributed by atoms with Gasteiger partial charge in [-0.25, -0.2) is 4.79 Å². The van der Waals surface area contributed by atoms with Gasteiger partial charge in [0.15, 0.2) is 0 Å². The third-order valence-corrected chi connectivity index (χ3v) is 4.51. The number of methoxy groups -OCH3 is 1. The number of halogens is 1. The van der Waals surface area contributed by atoms with E-state index in [1.165, 1.54) is 7.11 Å². The van der Waals surface area contributed by atoms with Gasteiger partial charge in [0.25, 0.3) is 5.91 Å². The molecule has 4 nitrogen and oxygen atoms in total. The summed E-state index contributed by atoms with van der Waals surface area (Å²) in [4.78, 5) is 24.7. The number of amides is 1. The summed E-state index contributed by atoms with van der Waals surface area (Å²) < 4.78 is 4.91. The van der Waals surface area contributed by atoms with Crippen LogP contribution in [0.1, 0.15) is 28.3 Å². The Hall–Kier alpha value is -2.33. The predicted octanol–water partition coefficient (Wildman–Crippen LogP) is 3.17. The quantitative estimate of drug-likeness (QED) is 0.877. The van der Waals surface area contributed by atoms with E-state index >= 15 is 0 Å². The number of benzene rings is 2. The molecule has 0 unspecified atom stereocenters. The topological polar surface area (TPSA) is 55.4 Å². The largest absolute Gasteiger partial charge is 0.467 e. The van der Waals surface area contributed by atoms with Gasteiger partial charge < -0.3 is 10.1 Å². The lowest BCUT2D eigenvalue weighted by Crippen LogP contribution is -2.45. The molecule has 0 aromatic heterocycles. The Balaban J connectivity index is 1.88. The summed E-state index contributed by atoms with van der Waals surface area (Å²) in [6.07, 6.45) is 0.474. The lowest BCUT2D eigenvalue weighted by Gasteiger charge is -2.18. The van der Waals surface area contributed by atoms with Crippen molar-refractivity contribution in [3.63, 3.8) is 0 Å². The number of hydrogen-bond donors (Lipinski definition) is 1. The fraction of sp³-hybridized carbons (Fsp3) is 0.222. The molecule has 1 N–H and O–H groups in total. The van der Waals surface area contributed by atoms with Crippen molar-refractivity contribution in [2.24, 2.45) is 0 Å². The van der Waals surface area contributed by atoms with E-state index in [2.05, 4.69) is 5.32 Å². The SMILES string of the molecule is COC(=O)[C@]1(NC(=O)c2ccccc2)C[C@@H]1c1ccccc1Cl. The van der Waals surface area contributed by atoms with Crippen molar-refractivity contribution in [3.8, 4) is 0 Å². The van der Waals surface area contributed by atoms with Crippen LogP contribution in [0.25, 0.3) is 0 Å². The molecule has 3 rings (SSSR count). The lowest BCUT2D eigenvalue weighted by molar-refractivity contribution is -0.144. The predicted molar refractivity (Wildman–Crippen MR) is 87.5 cm³/mol. The second-order valence-corrected chi connectivity index (χ2v) is 5.97. The molecule has 0 heterocycles. The van der Waals surface area contributed by atoms with Crippen LogP contribution in [0, 0.1) is 0 Å². The van der Waals surface area contributed by atoms with Gasteiger partial charge in [-0.2, -0.15) is 0 Å². The van der Waals surface area contributed by atoms with Crippen molar-refractivity contribution < 1.29 is 14.3 Å². The zero-order valence-electron chi connectivity index (χ0n) is 12.6. The molecule has 1 fully saturated rings. The summed E-state index contributed by atoms with van der Waals surface area (Å²) in [6.45, 7) is 0. The van der Waals surface area contributed by atoms with E-state index in [1.54, 1.807) is 30.3 Å². The molecular formula is C18H16ClNO3. The number of esters is 1. The molecular weight excluding hydrogens is 314 g/mol. The van der Waals surface area contributed by atoms with Gasteiger partial charge in [0, 0.05) is 16.5 Å². The number of rotatable bonds is 4. The molecule has 2 aromatic rings. The Kier molecular flexibility index (Phi) is 4.09. The van der Waals surface area contributed by atoms with E-state index in [4.69, 9.17) is 16.3 Å². The van der Waals surface area contributed by atoms with E-state index in [0.717, 1.165) is 5.56 Å². The minimum Gasteiger partial charge on any atom is -0.467 e. The number of hydrogen-bond acceptors (Lipinski definition) is 3. The van der Waals surface area contributed by atoms with Crippen molar-refractivity contribution in [2.75, 3.05) is 7.11 Å². The monoisotopic (exact) mass is 329 g/mol. The first-order chi connectivity index (χ1) is 11.1. The second-order valence-electron chi connectivity index (χ2n) is 5.56. The Bertz CT molecular complexity index is 747. The Morgan fingerprint density at radius 1 is 1.13 bits per heavy atom. The van der Waals surface area contributed by atoms with Gasteiger partial charge in [0.2, 0.25) is 0 Å². The average molecular weight is 330 g/mol. The summed E-state index contributed by atoms with van der Waals surface area (Å²) in [7, 11) is 1.32. The smallest absolute Gasteiger partial charge is 0.332 e. The maximum absolute atomic E-state index is 12.4. The van der Waals surface area contributed by atoms with Crippen molar-refractivity contribution in [3.05, 3.63) is 70.7 Å². The van der Waals surface area contributed by atoms with Gasteiger partial charge in [-0.3, -0.25) is 4.79 Å². The van der Waals surface area contributed by atoms with Crippen molar-refractivity contribution >= 4 is 23.5 Å². The zero-order valence-corrected chi connectivity index (χ0v) is 13.3. The van der Waals surface area contributed by atoms with Crippen LogP contribution in [0.4, 0.5) is 0 Å². The van der Waals surface area contributed by atoms with E-state index in [-0.39, 0.29) is 11.8 Å². The molecule has 0 saturated heterocycles. The summed E-state index contributed by atoms with van der Waals surface area (Å²) in [5.41, 5.74) is 0.292. The van der Waals surface area contributed by atoms with Crippen LogP contribution in [0.2, 0.25) is 5.02 Å². The van der Waals surface area contributed by atoms with Gasteiger partial charge in [-0.05, 0) is 30.2 Å². The summed E-state index contributed by atoms with van der Waals surface area (Å²) in [6, 6.07) is 16.1. The molecule has 0 aliphatic heterocycles. The Morgan fingerprint density at radius 2 is 1.78 bits per heavy atom. The summed E-state index contributed by atoms with van der Waals surface area (Å²) >= 11 is 6.22. The molecule has 1 aliphatic carbocycles. The number of carbonyl (C=O) groups excluding carboxylic acids is 2. The third-order valence-electron chi connectivity index (χ3n) is 4.16. The molecule has 5 heteroatoms. The van der Waals surface area contributed by atoms with E-state index in [0.29, 0.717) is 17.0 Å². The molecule has 2 aromatic carbocycles. The normalized spacial score (nSPS) is 22.3. The van der Waals surface area contributed by atoms with E-state index < -0.39 is 11.5 Å². The first kappa shape index (κ1) is 15.6. The van der Waals surface area contributed by atoms with E-state index in [9.17, 15) is 9.59 Å². The zero-order chi connectivity index (χ0) is 16.4. The Morgan fingerprint density at radius 3 is 2.43 bits per heavy atom. The van der Waals surface area contributed by atoms with Crippen LogP contribution in [0.5, 0.6) is 0 Å². The minimum absolute atomic E-state index is 0.184. The lowest BCUT2D eigenvalue weighted by atomic mass is 10.1. The summed E-state index contributed by atoms with van der Waals surface area (Å²) in [5.74, 6) is -0.937. The highest BCUT2D eigenvalue weighted by atomic mass is 35.5. The third kappa shape index (κ3) is 2.82. The fourth-order valence-electron chi connectivity index (χ4n) is 2.86.